The summed E-state index contributed by atoms with van der Waals surface area (Å²) in [5, 5.41) is 7.25. The second-order valence-electron chi connectivity index (χ2n) is 7.61. The first-order valence-corrected chi connectivity index (χ1v) is 9.98. The maximum Gasteiger partial charge on any atom is 0.250 e. The molecule has 1 amide bonds. The zero-order chi connectivity index (χ0) is 23.7. The molecule has 11 heteroatoms. The Morgan fingerprint density at radius 2 is 1.88 bits per heavy atom. The minimum atomic E-state index is -1.50. The third-order valence-electron chi connectivity index (χ3n) is 5.37. The van der Waals surface area contributed by atoms with Gasteiger partial charge in [0.05, 0.1) is 18.9 Å². The Morgan fingerprint density at radius 3 is 2.58 bits per heavy atom. The lowest BCUT2D eigenvalue weighted by atomic mass is 10.1. The first-order chi connectivity index (χ1) is 15.8. The Morgan fingerprint density at radius 1 is 1.15 bits per heavy atom. The maximum atomic E-state index is 13.4. The van der Waals surface area contributed by atoms with E-state index in [4.69, 9.17) is 6.42 Å². The number of hydrogen-bond donors (Lipinski definition) is 1. The van der Waals surface area contributed by atoms with Crippen molar-refractivity contribution < 1.29 is 18.0 Å². The Hall–Kier alpha value is -4.07. The molecule has 0 saturated heterocycles. The van der Waals surface area contributed by atoms with Crippen LogP contribution in [-0.4, -0.2) is 45.8 Å². The zero-order valence-electron chi connectivity index (χ0n) is 17.9. The molecule has 0 spiro atoms. The summed E-state index contributed by atoms with van der Waals surface area (Å²) in [7, 11) is 3.41. The van der Waals surface area contributed by atoms with E-state index in [0.29, 0.717) is 24.0 Å². The average molecular weight is 455 g/mol. The summed E-state index contributed by atoms with van der Waals surface area (Å²) in [4.78, 5) is 24.5. The van der Waals surface area contributed by atoms with Crippen LogP contribution < -0.4 is 15.1 Å². The van der Waals surface area contributed by atoms with Gasteiger partial charge in [0.25, 0.3) is 5.91 Å². The van der Waals surface area contributed by atoms with Crippen LogP contribution in [0.1, 0.15) is 17.5 Å². The van der Waals surface area contributed by atoms with Gasteiger partial charge in [-0.25, -0.2) is 18.2 Å². The molecular weight excluding hydrogens is 435 g/mol. The van der Waals surface area contributed by atoms with E-state index in [0.717, 1.165) is 17.7 Å². The van der Waals surface area contributed by atoms with Crippen LogP contribution in [0.4, 0.5) is 30.6 Å². The number of aromatic nitrogens is 4. The standard InChI is InChI=1S/C22H20F3N7O/c1-4-5-17-21(33)31(3)18-10-27-22(29-20(18)30(17)2)26-8-14-9-28-32(12-14)11-13-6-15(23)19(25)16(24)7-13/h1,6-7,9-10,12,17H,5,8,11H2,2-3H3,(H,26,27,29). The highest BCUT2D eigenvalue weighted by molar-refractivity contribution is 6.04. The fourth-order valence-electron chi connectivity index (χ4n) is 3.59. The molecule has 0 aliphatic carbocycles. The molecule has 2 aromatic heterocycles. The molecule has 1 atom stereocenters. The van der Waals surface area contributed by atoms with Gasteiger partial charge in [-0.3, -0.25) is 9.48 Å². The molecule has 1 aliphatic rings. The lowest BCUT2D eigenvalue weighted by Crippen LogP contribution is -2.51. The highest BCUT2D eigenvalue weighted by atomic mass is 19.2. The molecule has 33 heavy (non-hydrogen) atoms. The normalized spacial score (nSPS) is 15.4. The molecule has 1 aromatic carbocycles. The molecule has 170 valence electrons. The van der Waals surface area contributed by atoms with Crippen LogP contribution in [0.25, 0.3) is 0 Å². The summed E-state index contributed by atoms with van der Waals surface area (Å²) < 4.78 is 41.4. The van der Waals surface area contributed by atoms with Gasteiger partial charge in [0.1, 0.15) is 11.7 Å². The molecule has 0 fully saturated rings. The molecule has 0 saturated carbocycles. The van der Waals surface area contributed by atoms with Crippen molar-refractivity contribution in [2.24, 2.45) is 0 Å². The van der Waals surface area contributed by atoms with Crippen LogP contribution in [0.15, 0.2) is 30.7 Å². The van der Waals surface area contributed by atoms with Crippen molar-refractivity contribution in [3.8, 4) is 12.3 Å². The van der Waals surface area contributed by atoms with E-state index in [1.807, 2.05) is 0 Å². The van der Waals surface area contributed by atoms with E-state index in [-0.39, 0.29) is 24.4 Å². The van der Waals surface area contributed by atoms with Crippen LogP contribution in [0.2, 0.25) is 0 Å². The number of carbonyl (C=O) groups is 1. The van der Waals surface area contributed by atoms with E-state index in [2.05, 4.69) is 26.3 Å². The summed E-state index contributed by atoms with van der Waals surface area (Å²) in [5.41, 5.74) is 1.59. The first-order valence-electron chi connectivity index (χ1n) is 9.98. The Labute approximate surface area is 188 Å². The lowest BCUT2D eigenvalue weighted by Gasteiger charge is -2.37. The molecule has 1 aliphatic heterocycles. The van der Waals surface area contributed by atoms with Gasteiger partial charge in [-0.2, -0.15) is 10.1 Å². The molecule has 8 nitrogen and oxygen atoms in total. The molecule has 4 rings (SSSR count). The van der Waals surface area contributed by atoms with Crippen LogP contribution in [0.5, 0.6) is 0 Å². The SMILES string of the molecule is C#CCC1C(=O)N(C)c2cnc(NCc3cnn(Cc4cc(F)c(F)c(F)c4)c3)nc2N1C. The highest BCUT2D eigenvalue weighted by Crippen LogP contribution is 2.33. The summed E-state index contributed by atoms with van der Waals surface area (Å²) in [5.74, 6) is -0.671. The van der Waals surface area contributed by atoms with Gasteiger partial charge in [-0.15, -0.1) is 12.3 Å². The van der Waals surface area contributed by atoms with Gasteiger partial charge in [0.15, 0.2) is 23.3 Å². The summed E-state index contributed by atoms with van der Waals surface area (Å²) in [6.45, 7) is 0.405. The lowest BCUT2D eigenvalue weighted by molar-refractivity contribution is -0.119. The van der Waals surface area contributed by atoms with Crippen molar-refractivity contribution in [3.05, 3.63) is 59.3 Å². The Balaban J connectivity index is 1.45. The summed E-state index contributed by atoms with van der Waals surface area (Å²) in [6, 6.07) is 1.37. The van der Waals surface area contributed by atoms with Crippen molar-refractivity contribution in [2.75, 3.05) is 29.2 Å². The van der Waals surface area contributed by atoms with Crippen LogP contribution in [0, 0.1) is 29.8 Å². The highest BCUT2D eigenvalue weighted by Gasteiger charge is 2.35. The van der Waals surface area contributed by atoms with Gasteiger partial charge >= 0.3 is 0 Å². The fraction of sp³-hybridized carbons (Fsp3) is 0.273. The zero-order valence-corrected chi connectivity index (χ0v) is 17.9. The van der Waals surface area contributed by atoms with E-state index >= 15 is 0 Å². The van der Waals surface area contributed by atoms with Gasteiger partial charge in [0, 0.05) is 38.8 Å². The van der Waals surface area contributed by atoms with E-state index in [9.17, 15) is 18.0 Å². The predicted molar refractivity (Wildman–Crippen MR) is 116 cm³/mol. The number of nitrogens with zero attached hydrogens (tertiary/aromatic N) is 6. The third kappa shape index (κ3) is 4.32. The maximum absolute atomic E-state index is 13.4. The number of hydrogen-bond acceptors (Lipinski definition) is 6. The van der Waals surface area contributed by atoms with Crippen molar-refractivity contribution in [3.63, 3.8) is 0 Å². The first kappa shape index (κ1) is 22.1. The Kier molecular flexibility index (Phi) is 5.91. The number of fused-ring (bicyclic) bond motifs is 1. The summed E-state index contributed by atoms with van der Waals surface area (Å²) in [6.07, 6.45) is 10.5. The number of halogens is 3. The number of amides is 1. The molecule has 3 aromatic rings. The predicted octanol–water partition coefficient (Wildman–Crippen LogP) is 2.56. The van der Waals surface area contributed by atoms with E-state index < -0.39 is 23.5 Å². The molecule has 0 bridgehead atoms. The summed E-state index contributed by atoms with van der Waals surface area (Å²) >= 11 is 0. The number of benzene rings is 1. The second-order valence-corrected chi connectivity index (χ2v) is 7.61. The molecule has 0 radical (unpaired) electrons. The van der Waals surface area contributed by atoms with E-state index in [1.54, 1.807) is 37.6 Å². The second kappa shape index (κ2) is 8.82. The number of carbonyl (C=O) groups excluding carboxylic acids is 1. The number of likely N-dealkylation sites (N-methyl/N-ethyl adjacent to an activating group) is 2. The van der Waals surface area contributed by atoms with Crippen molar-refractivity contribution in [1.82, 2.24) is 19.7 Å². The number of rotatable bonds is 6. The van der Waals surface area contributed by atoms with Crippen molar-refractivity contribution in [2.45, 2.75) is 25.6 Å². The van der Waals surface area contributed by atoms with Crippen LogP contribution in [-0.2, 0) is 17.9 Å². The van der Waals surface area contributed by atoms with Crippen LogP contribution >= 0.6 is 0 Å². The molecular formula is C22H20F3N7O. The van der Waals surface area contributed by atoms with Crippen molar-refractivity contribution in [1.29, 1.82) is 0 Å². The van der Waals surface area contributed by atoms with Gasteiger partial charge in [0.2, 0.25) is 5.95 Å². The van der Waals surface area contributed by atoms with Gasteiger partial charge in [-0.1, -0.05) is 0 Å². The van der Waals surface area contributed by atoms with Gasteiger partial charge < -0.3 is 15.1 Å². The minimum absolute atomic E-state index is 0.0746. The van der Waals surface area contributed by atoms with E-state index in [1.165, 1.54) is 9.58 Å². The quantitative estimate of drug-likeness (QED) is 0.455. The smallest absolute Gasteiger partial charge is 0.250 e. The molecule has 1 unspecified atom stereocenters. The number of anilines is 3. The van der Waals surface area contributed by atoms with Crippen LogP contribution in [0.3, 0.4) is 0 Å². The Bertz CT molecular complexity index is 1230. The number of nitrogens with one attached hydrogen (secondary N) is 1. The fourth-order valence-corrected chi connectivity index (χ4v) is 3.59. The molecule has 1 N–H and O–H groups in total. The molecule has 3 heterocycles. The third-order valence-corrected chi connectivity index (χ3v) is 5.37. The monoisotopic (exact) mass is 455 g/mol. The average Bonchev–Trinajstić information content (AvgIpc) is 3.24. The number of terminal acetylenes is 1. The largest absolute Gasteiger partial charge is 0.350 e. The van der Waals surface area contributed by atoms with Crippen molar-refractivity contribution >= 4 is 23.4 Å². The van der Waals surface area contributed by atoms with Gasteiger partial charge in [-0.05, 0) is 17.7 Å². The topological polar surface area (TPSA) is 79.2 Å². The minimum Gasteiger partial charge on any atom is -0.350 e.